The average Bonchev–Trinajstić information content (AvgIpc) is 3.18. The lowest BCUT2D eigenvalue weighted by Crippen LogP contribution is -2.34. The maximum Gasteiger partial charge on any atom is 0.312 e. The van der Waals surface area contributed by atoms with E-state index in [0.29, 0.717) is 30.0 Å². The number of aromatic nitrogens is 4. The second kappa shape index (κ2) is 11.1. The Balaban J connectivity index is 1.97. The molecule has 0 bridgehead atoms. The third-order valence-electron chi connectivity index (χ3n) is 5.43. The largest absolute Gasteiger partial charge is 0.460 e. The van der Waals surface area contributed by atoms with Crippen LogP contribution in [0.15, 0.2) is 52.6 Å². The molecule has 36 heavy (non-hydrogen) atoms. The molecule has 10 heteroatoms. The second-order valence-electron chi connectivity index (χ2n) is 9.43. The monoisotopic (exact) mass is 492 g/mol. The fourth-order valence-electron chi connectivity index (χ4n) is 3.85. The summed E-state index contributed by atoms with van der Waals surface area (Å²) in [6.45, 7) is 12.5. The number of carbonyl (C=O) groups is 2. The first-order chi connectivity index (χ1) is 17.0. The molecule has 3 rings (SSSR count). The molecule has 0 saturated carbocycles. The van der Waals surface area contributed by atoms with Gasteiger partial charge in [0.2, 0.25) is 0 Å². The van der Waals surface area contributed by atoms with E-state index in [9.17, 15) is 14.4 Å². The molecular weight excluding hydrogens is 460 g/mol. The van der Waals surface area contributed by atoms with Crippen molar-refractivity contribution in [3.05, 3.63) is 75.9 Å². The molecule has 0 saturated heterocycles. The first kappa shape index (κ1) is 26.5. The summed E-state index contributed by atoms with van der Waals surface area (Å²) in [5.74, 6) is -2.06. The number of anilines is 1. The van der Waals surface area contributed by atoms with E-state index in [0.717, 1.165) is 5.56 Å². The molecule has 190 valence electrons. The highest BCUT2D eigenvalue weighted by atomic mass is 16.6. The van der Waals surface area contributed by atoms with Gasteiger partial charge in [0, 0.05) is 6.54 Å². The van der Waals surface area contributed by atoms with E-state index in [1.807, 2.05) is 30.3 Å². The summed E-state index contributed by atoms with van der Waals surface area (Å²) >= 11 is 0. The lowest BCUT2D eigenvalue weighted by Gasteiger charge is -2.23. The van der Waals surface area contributed by atoms with Gasteiger partial charge in [-0.2, -0.15) is 0 Å². The van der Waals surface area contributed by atoms with Gasteiger partial charge in [-0.05, 0) is 53.3 Å². The summed E-state index contributed by atoms with van der Waals surface area (Å²) in [4.78, 5) is 51.0. The van der Waals surface area contributed by atoms with E-state index < -0.39 is 29.0 Å². The van der Waals surface area contributed by atoms with Gasteiger partial charge in [-0.3, -0.25) is 14.4 Å². The van der Waals surface area contributed by atoms with Crippen molar-refractivity contribution >= 4 is 24.4 Å². The molecule has 1 N–H and O–H groups in total. The minimum absolute atomic E-state index is 0.158. The topological polar surface area (TPSA) is 120 Å². The molecule has 0 aliphatic rings. The Morgan fingerprint density at radius 2 is 1.86 bits per heavy atom. The van der Waals surface area contributed by atoms with Gasteiger partial charge in [0.25, 0.3) is 5.91 Å². The predicted molar refractivity (Wildman–Crippen MR) is 137 cm³/mol. The van der Waals surface area contributed by atoms with Crippen molar-refractivity contribution in [1.82, 2.24) is 19.3 Å². The van der Waals surface area contributed by atoms with E-state index in [1.165, 1.54) is 15.7 Å². The zero-order chi connectivity index (χ0) is 26.5. The van der Waals surface area contributed by atoms with Gasteiger partial charge < -0.3 is 10.1 Å². The van der Waals surface area contributed by atoms with Crippen molar-refractivity contribution in [2.45, 2.75) is 59.0 Å². The Morgan fingerprint density at radius 3 is 2.50 bits per heavy atom. The highest BCUT2D eigenvalue weighted by Gasteiger charge is 2.32. The normalized spacial score (nSPS) is 12.1. The zero-order valence-corrected chi connectivity index (χ0v) is 21.3. The van der Waals surface area contributed by atoms with E-state index in [-0.39, 0.29) is 12.2 Å². The van der Waals surface area contributed by atoms with Gasteiger partial charge in [0.05, 0.1) is 35.6 Å². The number of rotatable bonds is 9. The zero-order valence-electron chi connectivity index (χ0n) is 21.3. The highest BCUT2D eigenvalue weighted by molar-refractivity contribution is 5.90. The third kappa shape index (κ3) is 6.32. The fraction of sp³-hybridized carbons (Fsp3) is 0.385. The van der Waals surface area contributed by atoms with E-state index in [1.54, 1.807) is 40.8 Å². The summed E-state index contributed by atoms with van der Waals surface area (Å²) in [6.07, 6.45) is 3.43. The van der Waals surface area contributed by atoms with Crippen LogP contribution in [0.3, 0.4) is 0 Å². The Kier molecular flexibility index (Phi) is 8.18. The van der Waals surface area contributed by atoms with E-state index in [4.69, 9.17) is 4.74 Å². The summed E-state index contributed by atoms with van der Waals surface area (Å²) in [7, 11) is 0. The number of hydrogen-bond acceptors (Lipinski definition) is 7. The van der Waals surface area contributed by atoms with E-state index in [2.05, 4.69) is 27.0 Å². The van der Waals surface area contributed by atoms with E-state index >= 15 is 0 Å². The SMILES string of the molecule is C=NC(=O)C(CC(=O)OC(C)(C)C)c1c(C)ncn1-n1c(C)cnc(NCCc2ccccc2)c1=O. The van der Waals surface area contributed by atoms with Gasteiger partial charge in [-0.1, -0.05) is 30.3 Å². The molecule has 3 aromatic rings. The van der Waals surface area contributed by atoms with Crippen molar-refractivity contribution in [1.29, 1.82) is 0 Å². The maximum absolute atomic E-state index is 13.4. The Bertz CT molecular complexity index is 1300. The first-order valence-electron chi connectivity index (χ1n) is 11.6. The number of imidazole rings is 1. The number of esters is 1. The Hall–Kier alpha value is -4.08. The minimum atomic E-state index is -1.03. The Labute approximate surface area is 210 Å². The number of amides is 1. The van der Waals surface area contributed by atoms with Crippen molar-refractivity contribution < 1.29 is 14.3 Å². The lowest BCUT2D eigenvalue weighted by molar-refractivity contribution is -0.156. The van der Waals surface area contributed by atoms with Gasteiger partial charge in [0.15, 0.2) is 5.82 Å². The van der Waals surface area contributed by atoms with Crippen LogP contribution in [0.4, 0.5) is 5.82 Å². The molecule has 2 aromatic heterocycles. The maximum atomic E-state index is 13.4. The van der Waals surface area contributed by atoms with Gasteiger partial charge in [-0.25, -0.2) is 24.3 Å². The van der Waals surface area contributed by atoms with Gasteiger partial charge in [0.1, 0.15) is 11.9 Å². The summed E-state index contributed by atoms with van der Waals surface area (Å²) in [6, 6.07) is 9.90. The molecule has 2 heterocycles. The van der Waals surface area contributed by atoms with Crippen molar-refractivity contribution in [2.24, 2.45) is 4.99 Å². The number of nitrogens with one attached hydrogen (secondary N) is 1. The number of benzene rings is 1. The molecule has 1 unspecified atom stereocenters. The van der Waals surface area contributed by atoms with Gasteiger partial charge >= 0.3 is 11.5 Å². The van der Waals surface area contributed by atoms with Crippen molar-refractivity contribution in [3.8, 4) is 0 Å². The standard InChI is InChI=1S/C26H32N6O4/c1-17-15-29-23(28-13-12-19-10-8-7-9-11-19)25(35)32(17)31-16-30-18(2)22(31)20(24(34)27-6)14-21(33)36-26(3,4)5/h7-11,15-16,20H,6,12-14H2,1-5H3,(H,28,29). The van der Waals surface area contributed by atoms with Crippen LogP contribution in [0, 0.1) is 13.8 Å². The number of nitrogens with zero attached hydrogens (tertiary/aromatic N) is 5. The molecule has 1 atom stereocenters. The number of aryl methyl sites for hydroxylation is 2. The van der Waals surface area contributed by atoms with Crippen LogP contribution in [-0.2, 0) is 20.7 Å². The average molecular weight is 493 g/mol. The van der Waals surface area contributed by atoms with Gasteiger partial charge in [-0.15, -0.1) is 0 Å². The third-order valence-corrected chi connectivity index (χ3v) is 5.43. The summed E-state index contributed by atoms with van der Waals surface area (Å²) in [5, 5.41) is 3.10. The lowest BCUT2D eigenvalue weighted by atomic mass is 9.98. The summed E-state index contributed by atoms with van der Waals surface area (Å²) in [5.41, 5.74) is 1.33. The summed E-state index contributed by atoms with van der Waals surface area (Å²) < 4.78 is 8.26. The number of hydrogen-bond donors (Lipinski definition) is 1. The van der Waals surface area contributed by atoms with Crippen LogP contribution in [0.1, 0.15) is 55.8 Å². The predicted octanol–water partition coefficient (Wildman–Crippen LogP) is 3.07. The van der Waals surface area contributed by atoms with Crippen LogP contribution in [0.2, 0.25) is 0 Å². The van der Waals surface area contributed by atoms with Crippen LogP contribution in [0.5, 0.6) is 0 Å². The molecular formula is C26H32N6O4. The van der Waals surface area contributed by atoms with Crippen LogP contribution in [-0.4, -0.2) is 50.1 Å². The Morgan fingerprint density at radius 1 is 1.17 bits per heavy atom. The molecule has 0 radical (unpaired) electrons. The quantitative estimate of drug-likeness (QED) is 0.360. The number of aliphatic imine (C=N–C) groups is 1. The molecule has 10 nitrogen and oxygen atoms in total. The van der Waals surface area contributed by atoms with Crippen LogP contribution >= 0.6 is 0 Å². The fourth-order valence-corrected chi connectivity index (χ4v) is 3.85. The van der Waals surface area contributed by atoms with Crippen LogP contribution < -0.4 is 10.9 Å². The molecule has 0 fully saturated rings. The molecule has 1 amide bonds. The highest BCUT2D eigenvalue weighted by Crippen LogP contribution is 2.26. The molecule has 0 aliphatic carbocycles. The number of ether oxygens (including phenoxy) is 1. The first-order valence-corrected chi connectivity index (χ1v) is 11.6. The van der Waals surface area contributed by atoms with Crippen LogP contribution in [0.25, 0.3) is 0 Å². The number of carbonyl (C=O) groups excluding carboxylic acids is 2. The second-order valence-corrected chi connectivity index (χ2v) is 9.43. The molecule has 1 aromatic carbocycles. The minimum Gasteiger partial charge on any atom is -0.460 e. The molecule has 0 spiro atoms. The smallest absolute Gasteiger partial charge is 0.312 e. The van der Waals surface area contributed by atoms with Crippen molar-refractivity contribution in [2.75, 3.05) is 11.9 Å². The van der Waals surface area contributed by atoms with Crippen molar-refractivity contribution in [3.63, 3.8) is 0 Å². The molecule has 0 aliphatic heterocycles.